The van der Waals surface area contributed by atoms with Gasteiger partial charge in [-0.25, -0.2) is 0 Å². The molecule has 214 valence electrons. The van der Waals surface area contributed by atoms with E-state index in [9.17, 15) is 0 Å². The van der Waals surface area contributed by atoms with Gasteiger partial charge in [-0.1, -0.05) is 101 Å². The smallest absolute Gasteiger partial charge is 0.252 e. The minimum atomic E-state index is 0.0481. The molecule has 4 aromatic carbocycles. The first-order chi connectivity index (χ1) is 20.5. The summed E-state index contributed by atoms with van der Waals surface area (Å²) in [6, 6.07) is 28.4. The van der Waals surface area contributed by atoms with Crippen molar-refractivity contribution in [3.63, 3.8) is 0 Å². The van der Waals surface area contributed by atoms with Gasteiger partial charge in [0.05, 0.1) is 11.2 Å². The van der Waals surface area contributed by atoms with Crippen LogP contribution in [0.5, 0.6) is 0 Å². The lowest BCUT2D eigenvalue weighted by Gasteiger charge is -2.52. The molecular weight excluding hydrogens is 519 g/mol. The molecule has 2 nitrogen and oxygen atoms in total. The molecule has 0 saturated heterocycles. The molecule has 2 unspecified atom stereocenters. The van der Waals surface area contributed by atoms with Crippen LogP contribution in [0.25, 0.3) is 27.8 Å². The summed E-state index contributed by atoms with van der Waals surface area (Å²) >= 11 is 0. The molecule has 1 aliphatic carbocycles. The van der Waals surface area contributed by atoms with Gasteiger partial charge < -0.3 is 9.47 Å². The van der Waals surface area contributed by atoms with Crippen molar-refractivity contribution in [1.82, 2.24) is 4.57 Å². The summed E-state index contributed by atoms with van der Waals surface area (Å²) in [5.74, 6) is 0. The Morgan fingerprint density at radius 3 is 2.30 bits per heavy atom. The van der Waals surface area contributed by atoms with Crippen LogP contribution < -0.4 is 21.3 Å². The van der Waals surface area contributed by atoms with E-state index in [1.807, 2.05) is 0 Å². The lowest BCUT2D eigenvalue weighted by atomic mass is 9.33. The summed E-state index contributed by atoms with van der Waals surface area (Å²) in [6.07, 6.45) is 5.10. The van der Waals surface area contributed by atoms with Crippen molar-refractivity contribution in [3.8, 4) is 16.9 Å². The van der Waals surface area contributed by atoms with Crippen LogP contribution in [-0.4, -0.2) is 16.8 Å². The molecule has 0 N–H and O–H groups in total. The van der Waals surface area contributed by atoms with Gasteiger partial charge in [0.15, 0.2) is 0 Å². The molecule has 5 aromatic rings. The lowest BCUT2D eigenvalue weighted by molar-refractivity contribution is 0.195. The van der Waals surface area contributed by atoms with E-state index in [-0.39, 0.29) is 23.1 Å². The maximum atomic E-state index is 2.86. The van der Waals surface area contributed by atoms with Crippen LogP contribution in [0.15, 0.2) is 72.8 Å². The molecule has 4 aliphatic rings. The van der Waals surface area contributed by atoms with Gasteiger partial charge >= 0.3 is 0 Å². The standard InChI is InChI=1S/C40H41BN2/c1-24-20-32-34-33(21-24)43-37-29(39(6)18-11-12-19-40(39,43)7)22-27(38(3,4)5)23-31(37)41(34)30-17-13-16-28-25(2)35(42(32)36(28)30)26-14-9-8-10-15-26/h8-10,13-17,20-23H,11-12,18-19H2,1-7H3. The molecular formula is C40H41BN2. The second-order valence-corrected chi connectivity index (χ2v) is 15.4. The van der Waals surface area contributed by atoms with Gasteiger partial charge in [-0.05, 0) is 95.4 Å². The highest BCUT2D eigenvalue weighted by Crippen LogP contribution is 2.61. The van der Waals surface area contributed by atoms with E-state index in [0.29, 0.717) is 0 Å². The molecule has 1 saturated carbocycles. The zero-order chi connectivity index (χ0) is 29.6. The molecule has 0 amide bonds. The maximum Gasteiger partial charge on any atom is 0.252 e. The Morgan fingerprint density at radius 1 is 0.791 bits per heavy atom. The monoisotopic (exact) mass is 560 g/mol. The van der Waals surface area contributed by atoms with Crippen LogP contribution in [0.1, 0.15) is 82.6 Å². The van der Waals surface area contributed by atoms with Crippen molar-refractivity contribution in [2.45, 2.75) is 90.5 Å². The molecule has 9 rings (SSSR count). The lowest BCUT2D eigenvalue weighted by Crippen LogP contribution is -2.64. The van der Waals surface area contributed by atoms with E-state index in [2.05, 4.69) is 131 Å². The minimum absolute atomic E-state index is 0.0481. The molecule has 1 fully saturated rings. The van der Waals surface area contributed by atoms with E-state index in [4.69, 9.17) is 0 Å². The summed E-state index contributed by atoms with van der Waals surface area (Å²) in [4.78, 5) is 2.86. The molecule has 0 spiro atoms. The van der Waals surface area contributed by atoms with Gasteiger partial charge in [0.25, 0.3) is 6.71 Å². The zero-order valence-electron chi connectivity index (χ0n) is 26.7. The molecule has 2 atom stereocenters. The van der Waals surface area contributed by atoms with Gasteiger partial charge in [-0.2, -0.15) is 0 Å². The van der Waals surface area contributed by atoms with Crippen LogP contribution in [0.3, 0.4) is 0 Å². The SMILES string of the molecule is Cc1cc2c3c(c1)-n1c(-c4ccccc4)c(C)c4cccc(c41)B3c1cc(C(C)(C)C)cc3c1N2C1(C)CCCCC31C. The number of aromatic nitrogens is 1. The van der Waals surface area contributed by atoms with Gasteiger partial charge in [-0.15, -0.1) is 0 Å². The fourth-order valence-corrected chi connectivity index (χ4v) is 9.73. The van der Waals surface area contributed by atoms with Crippen LogP contribution in [-0.2, 0) is 10.8 Å². The number of benzene rings is 4. The topological polar surface area (TPSA) is 8.17 Å². The summed E-state index contributed by atoms with van der Waals surface area (Å²) < 4.78 is 2.63. The predicted molar refractivity (Wildman–Crippen MR) is 184 cm³/mol. The molecule has 3 aliphatic heterocycles. The fourth-order valence-electron chi connectivity index (χ4n) is 9.73. The van der Waals surface area contributed by atoms with Crippen molar-refractivity contribution >= 4 is 45.4 Å². The third-order valence-corrected chi connectivity index (χ3v) is 12.1. The van der Waals surface area contributed by atoms with Gasteiger partial charge in [0.1, 0.15) is 0 Å². The highest BCUT2D eigenvalue weighted by molar-refractivity contribution is 7.00. The molecule has 3 heteroatoms. The quantitative estimate of drug-likeness (QED) is 0.185. The molecule has 0 radical (unpaired) electrons. The number of hydrogen-bond donors (Lipinski definition) is 0. The Labute approximate surface area is 256 Å². The Hall–Kier alpha value is -3.72. The molecule has 4 heterocycles. The Bertz CT molecular complexity index is 2030. The van der Waals surface area contributed by atoms with Crippen molar-refractivity contribution in [1.29, 1.82) is 0 Å². The van der Waals surface area contributed by atoms with Crippen LogP contribution in [0.2, 0.25) is 0 Å². The Kier molecular flexibility index (Phi) is 4.82. The van der Waals surface area contributed by atoms with Crippen LogP contribution in [0.4, 0.5) is 11.4 Å². The third kappa shape index (κ3) is 2.97. The van der Waals surface area contributed by atoms with E-state index in [0.717, 1.165) is 0 Å². The number of rotatable bonds is 1. The molecule has 43 heavy (non-hydrogen) atoms. The maximum absolute atomic E-state index is 2.86. The van der Waals surface area contributed by atoms with Crippen molar-refractivity contribution in [2.24, 2.45) is 0 Å². The first kappa shape index (κ1) is 25.8. The van der Waals surface area contributed by atoms with E-state index >= 15 is 0 Å². The average Bonchev–Trinajstić information content (AvgIpc) is 3.39. The Balaban J connectivity index is 1.48. The Morgan fingerprint density at radius 2 is 1.53 bits per heavy atom. The third-order valence-electron chi connectivity index (χ3n) is 12.1. The van der Waals surface area contributed by atoms with E-state index < -0.39 is 0 Å². The summed E-state index contributed by atoms with van der Waals surface area (Å²) in [5, 5.41) is 1.38. The van der Waals surface area contributed by atoms with Gasteiger partial charge in [-0.3, -0.25) is 0 Å². The van der Waals surface area contributed by atoms with E-state index in [1.54, 1.807) is 5.56 Å². The molecule has 1 aromatic heterocycles. The largest absolute Gasteiger partial charge is 0.335 e. The first-order valence-corrected chi connectivity index (χ1v) is 16.4. The number of anilines is 2. The highest BCUT2D eigenvalue weighted by Gasteiger charge is 2.61. The number of fused-ring (bicyclic) bond motifs is 7. The second-order valence-electron chi connectivity index (χ2n) is 15.4. The predicted octanol–water partition coefficient (Wildman–Crippen LogP) is 8.10. The van der Waals surface area contributed by atoms with Crippen molar-refractivity contribution < 1.29 is 0 Å². The molecule has 0 bridgehead atoms. The summed E-state index contributed by atoms with van der Waals surface area (Å²) in [6.45, 7) is 17.2. The number of aryl methyl sites for hydroxylation is 2. The normalized spacial score (nSPS) is 23.0. The number of para-hydroxylation sites is 1. The van der Waals surface area contributed by atoms with Crippen molar-refractivity contribution in [2.75, 3.05) is 4.90 Å². The summed E-state index contributed by atoms with van der Waals surface area (Å²) in [5.41, 5.74) is 18.9. The second kappa shape index (κ2) is 8.06. The fraction of sp³-hybridized carbons (Fsp3) is 0.350. The van der Waals surface area contributed by atoms with Crippen LogP contribution >= 0.6 is 0 Å². The number of nitrogens with zero attached hydrogens (tertiary/aromatic N) is 2. The average molecular weight is 561 g/mol. The highest BCUT2D eigenvalue weighted by atomic mass is 15.3. The van der Waals surface area contributed by atoms with Crippen molar-refractivity contribution in [3.05, 3.63) is 95.1 Å². The summed E-state index contributed by atoms with van der Waals surface area (Å²) in [7, 11) is 0. The van der Waals surface area contributed by atoms with E-state index in [1.165, 1.54) is 98.0 Å². The minimum Gasteiger partial charge on any atom is -0.335 e. The zero-order valence-corrected chi connectivity index (χ0v) is 26.7. The van der Waals surface area contributed by atoms with Crippen LogP contribution in [0, 0.1) is 13.8 Å². The van der Waals surface area contributed by atoms with Gasteiger partial charge in [0.2, 0.25) is 0 Å². The van der Waals surface area contributed by atoms with Gasteiger partial charge in [0, 0.05) is 33.4 Å². The number of hydrogen-bond acceptors (Lipinski definition) is 1. The first-order valence-electron chi connectivity index (χ1n) is 16.4.